The lowest BCUT2D eigenvalue weighted by Gasteiger charge is -2.12. The van der Waals surface area contributed by atoms with Crippen LogP contribution in [0, 0.1) is 6.92 Å². The van der Waals surface area contributed by atoms with Gasteiger partial charge >= 0.3 is 0 Å². The minimum Gasteiger partial charge on any atom is -0.322 e. The summed E-state index contributed by atoms with van der Waals surface area (Å²) in [6.45, 7) is 2.81. The van der Waals surface area contributed by atoms with E-state index in [9.17, 15) is 4.79 Å². The molecule has 1 amide bonds. The van der Waals surface area contributed by atoms with E-state index in [1.165, 1.54) is 11.1 Å². The Labute approximate surface area is 194 Å². The van der Waals surface area contributed by atoms with Crippen molar-refractivity contribution in [2.45, 2.75) is 32.4 Å². The molecule has 3 aromatic carbocycles. The Morgan fingerprint density at radius 1 is 0.909 bits per heavy atom. The van der Waals surface area contributed by atoms with E-state index in [1.54, 1.807) is 0 Å². The number of carbonyl (C=O) groups excluding carboxylic acids is 1. The SMILES string of the molecule is Cc1ccc(C(=O)Nc2ccc3c(c2)C[C@H](NCc2ccccn2)C3)c(-c2ccccc2)c1. The molecule has 4 heteroatoms. The number of hydrogen-bond donors (Lipinski definition) is 2. The molecular formula is C29H27N3O. The zero-order valence-electron chi connectivity index (χ0n) is 18.7. The first-order chi connectivity index (χ1) is 16.2. The number of carbonyl (C=O) groups is 1. The fraction of sp³-hybridized carbons (Fsp3) is 0.172. The van der Waals surface area contributed by atoms with Crippen molar-refractivity contribution < 1.29 is 4.79 Å². The van der Waals surface area contributed by atoms with Gasteiger partial charge in [0, 0.05) is 30.0 Å². The highest BCUT2D eigenvalue weighted by atomic mass is 16.1. The number of nitrogens with one attached hydrogen (secondary N) is 2. The van der Waals surface area contributed by atoms with Crippen LogP contribution in [-0.2, 0) is 19.4 Å². The third-order valence-electron chi connectivity index (χ3n) is 6.20. The van der Waals surface area contributed by atoms with Gasteiger partial charge in [0.1, 0.15) is 0 Å². The topological polar surface area (TPSA) is 54.0 Å². The van der Waals surface area contributed by atoms with Gasteiger partial charge in [0.15, 0.2) is 0 Å². The number of rotatable bonds is 6. The van der Waals surface area contributed by atoms with Gasteiger partial charge in [-0.1, -0.05) is 60.2 Å². The lowest BCUT2D eigenvalue weighted by Crippen LogP contribution is -2.29. The molecule has 4 aromatic rings. The van der Waals surface area contributed by atoms with Crippen molar-refractivity contribution in [3.8, 4) is 11.1 Å². The molecule has 1 heterocycles. The number of aromatic nitrogens is 1. The standard InChI is InChI=1S/C29H27N3O/c1-20-10-13-27(28(15-20)21-7-3-2-4-8-21)29(33)32-24-12-11-22-16-26(18-23(22)17-24)31-19-25-9-5-6-14-30-25/h2-15,17,26,31H,16,18-19H2,1H3,(H,32,33)/t26-/m1/s1. The van der Waals surface area contributed by atoms with Crippen LogP contribution in [0.15, 0.2) is 91.1 Å². The number of nitrogens with zero attached hydrogens (tertiary/aromatic N) is 1. The van der Waals surface area contributed by atoms with E-state index in [2.05, 4.69) is 33.8 Å². The summed E-state index contributed by atoms with van der Waals surface area (Å²) < 4.78 is 0. The molecule has 0 saturated carbocycles. The van der Waals surface area contributed by atoms with Crippen molar-refractivity contribution in [1.29, 1.82) is 0 Å². The molecule has 1 aliphatic rings. The fourth-order valence-corrected chi connectivity index (χ4v) is 4.50. The lowest BCUT2D eigenvalue weighted by molar-refractivity contribution is 0.102. The van der Waals surface area contributed by atoms with E-state index < -0.39 is 0 Å². The molecule has 0 bridgehead atoms. The zero-order valence-corrected chi connectivity index (χ0v) is 18.7. The lowest BCUT2D eigenvalue weighted by atomic mass is 9.97. The van der Waals surface area contributed by atoms with E-state index >= 15 is 0 Å². The van der Waals surface area contributed by atoms with Crippen molar-refractivity contribution in [3.63, 3.8) is 0 Å². The van der Waals surface area contributed by atoms with Crippen LogP contribution in [-0.4, -0.2) is 16.9 Å². The monoisotopic (exact) mass is 433 g/mol. The van der Waals surface area contributed by atoms with Gasteiger partial charge < -0.3 is 10.6 Å². The van der Waals surface area contributed by atoms with Gasteiger partial charge in [-0.3, -0.25) is 9.78 Å². The maximum absolute atomic E-state index is 13.2. The summed E-state index contributed by atoms with van der Waals surface area (Å²) in [5.41, 5.74) is 8.33. The average molecular weight is 434 g/mol. The van der Waals surface area contributed by atoms with Crippen molar-refractivity contribution in [2.75, 3.05) is 5.32 Å². The van der Waals surface area contributed by atoms with E-state index in [1.807, 2.05) is 79.9 Å². The molecule has 0 fully saturated rings. The van der Waals surface area contributed by atoms with Gasteiger partial charge in [0.2, 0.25) is 0 Å². The number of hydrogen-bond acceptors (Lipinski definition) is 3. The first kappa shape index (κ1) is 21.1. The normalized spacial score (nSPS) is 14.6. The van der Waals surface area contributed by atoms with Crippen LogP contribution >= 0.6 is 0 Å². The molecule has 0 aliphatic heterocycles. The third-order valence-corrected chi connectivity index (χ3v) is 6.20. The summed E-state index contributed by atoms with van der Waals surface area (Å²) in [7, 11) is 0. The number of benzene rings is 3. The van der Waals surface area contributed by atoms with E-state index in [4.69, 9.17) is 0 Å². The molecule has 2 N–H and O–H groups in total. The summed E-state index contributed by atoms with van der Waals surface area (Å²) in [5.74, 6) is -0.0865. The predicted octanol–water partition coefficient (Wildman–Crippen LogP) is 5.57. The molecule has 1 atom stereocenters. The van der Waals surface area contributed by atoms with Crippen LogP contribution in [0.4, 0.5) is 5.69 Å². The fourth-order valence-electron chi connectivity index (χ4n) is 4.50. The second kappa shape index (κ2) is 9.39. The summed E-state index contributed by atoms with van der Waals surface area (Å²) in [6.07, 6.45) is 3.77. The first-order valence-corrected chi connectivity index (χ1v) is 11.4. The number of amides is 1. The summed E-state index contributed by atoms with van der Waals surface area (Å²) in [4.78, 5) is 17.6. The van der Waals surface area contributed by atoms with Crippen LogP contribution in [0.25, 0.3) is 11.1 Å². The van der Waals surface area contributed by atoms with Gasteiger partial charge in [0.25, 0.3) is 5.91 Å². The van der Waals surface area contributed by atoms with E-state index in [-0.39, 0.29) is 5.91 Å². The van der Waals surface area contributed by atoms with Crippen molar-refractivity contribution in [2.24, 2.45) is 0 Å². The second-order valence-corrected chi connectivity index (χ2v) is 8.66. The largest absolute Gasteiger partial charge is 0.322 e. The van der Waals surface area contributed by atoms with Crippen molar-refractivity contribution in [1.82, 2.24) is 10.3 Å². The molecule has 33 heavy (non-hydrogen) atoms. The molecule has 164 valence electrons. The Morgan fingerprint density at radius 3 is 2.55 bits per heavy atom. The Bertz CT molecular complexity index is 1270. The van der Waals surface area contributed by atoms with E-state index in [0.717, 1.165) is 47.5 Å². The molecule has 4 nitrogen and oxygen atoms in total. The molecule has 0 unspecified atom stereocenters. The molecule has 1 aliphatic carbocycles. The van der Waals surface area contributed by atoms with Crippen molar-refractivity contribution >= 4 is 11.6 Å². The van der Waals surface area contributed by atoms with Gasteiger partial charge in [-0.15, -0.1) is 0 Å². The predicted molar refractivity (Wildman–Crippen MR) is 133 cm³/mol. The van der Waals surface area contributed by atoms with Crippen LogP contribution in [0.2, 0.25) is 0 Å². The minimum absolute atomic E-state index is 0.0865. The summed E-state index contributed by atoms with van der Waals surface area (Å²) >= 11 is 0. The summed E-state index contributed by atoms with van der Waals surface area (Å²) in [5, 5.41) is 6.73. The third kappa shape index (κ3) is 4.86. The number of anilines is 1. The zero-order chi connectivity index (χ0) is 22.6. The Kier molecular flexibility index (Phi) is 6.01. The summed E-state index contributed by atoms with van der Waals surface area (Å²) in [6, 6.07) is 28.7. The molecule has 1 aromatic heterocycles. The Balaban J connectivity index is 1.29. The van der Waals surface area contributed by atoms with Gasteiger partial charge in [-0.25, -0.2) is 0 Å². The molecule has 0 spiro atoms. The van der Waals surface area contributed by atoms with Gasteiger partial charge in [0.05, 0.1) is 5.69 Å². The minimum atomic E-state index is -0.0865. The Morgan fingerprint density at radius 2 is 1.73 bits per heavy atom. The van der Waals surface area contributed by atoms with Crippen LogP contribution in [0.3, 0.4) is 0 Å². The second-order valence-electron chi connectivity index (χ2n) is 8.66. The van der Waals surface area contributed by atoms with Gasteiger partial charge in [-0.2, -0.15) is 0 Å². The highest BCUT2D eigenvalue weighted by Crippen LogP contribution is 2.28. The number of aryl methyl sites for hydroxylation is 1. The quantitative estimate of drug-likeness (QED) is 0.418. The van der Waals surface area contributed by atoms with Gasteiger partial charge in [-0.05, 0) is 72.4 Å². The van der Waals surface area contributed by atoms with Crippen molar-refractivity contribution in [3.05, 3.63) is 119 Å². The Hall–Kier alpha value is -3.76. The maximum Gasteiger partial charge on any atom is 0.256 e. The highest BCUT2D eigenvalue weighted by molar-refractivity contribution is 6.08. The van der Waals surface area contributed by atoms with Crippen LogP contribution < -0.4 is 10.6 Å². The average Bonchev–Trinajstić information content (AvgIpc) is 3.26. The first-order valence-electron chi connectivity index (χ1n) is 11.4. The maximum atomic E-state index is 13.2. The van der Waals surface area contributed by atoms with Crippen LogP contribution in [0.1, 0.15) is 32.7 Å². The van der Waals surface area contributed by atoms with E-state index in [0.29, 0.717) is 11.6 Å². The molecule has 5 rings (SSSR count). The number of fused-ring (bicyclic) bond motifs is 1. The number of pyridine rings is 1. The van der Waals surface area contributed by atoms with Crippen LogP contribution in [0.5, 0.6) is 0 Å². The molecule has 0 saturated heterocycles. The smallest absolute Gasteiger partial charge is 0.256 e. The molecule has 0 radical (unpaired) electrons. The highest BCUT2D eigenvalue weighted by Gasteiger charge is 2.22. The molecular weight excluding hydrogens is 406 g/mol.